The van der Waals surface area contributed by atoms with Crippen molar-refractivity contribution in [3.63, 3.8) is 0 Å². The number of aryl methyl sites for hydroxylation is 1. The zero-order valence-corrected chi connectivity index (χ0v) is 12.3. The summed E-state index contributed by atoms with van der Waals surface area (Å²) in [6.07, 6.45) is 0. The number of ether oxygens (including phenoxy) is 1. The van der Waals surface area contributed by atoms with Crippen molar-refractivity contribution in [2.75, 3.05) is 0 Å². The largest absolute Gasteiger partial charge is 0.456 e. The fourth-order valence-corrected chi connectivity index (χ4v) is 2.20. The lowest BCUT2D eigenvalue weighted by Crippen LogP contribution is -2.15. The number of benzene rings is 1. The average molecular weight is 319 g/mol. The van der Waals surface area contributed by atoms with Crippen LogP contribution in [0.25, 0.3) is 5.65 Å². The highest BCUT2D eigenvalue weighted by molar-refractivity contribution is 6.33. The first-order chi connectivity index (χ1) is 10.5. The molecule has 0 spiro atoms. The molecule has 112 valence electrons. The topological polar surface area (TPSA) is 73.8 Å². The van der Waals surface area contributed by atoms with E-state index in [-0.39, 0.29) is 17.7 Å². The van der Waals surface area contributed by atoms with Crippen molar-refractivity contribution in [3.05, 3.63) is 68.8 Å². The maximum Gasteiger partial charge on any atom is 0.340 e. The van der Waals surface area contributed by atoms with E-state index >= 15 is 0 Å². The van der Waals surface area contributed by atoms with Crippen LogP contribution in [0.5, 0.6) is 0 Å². The van der Waals surface area contributed by atoms with E-state index in [0.29, 0.717) is 22.1 Å². The fraction of sp³-hybridized carbons (Fsp3) is 0.133. The van der Waals surface area contributed by atoms with Gasteiger partial charge in [0.05, 0.1) is 16.3 Å². The fourth-order valence-electron chi connectivity index (χ4n) is 1.99. The summed E-state index contributed by atoms with van der Waals surface area (Å²) in [6.45, 7) is 1.59. The van der Waals surface area contributed by atoms with Crippen molar-refractivity contribution in [1.82, 2.24) is 9.56 Å². The molecule has 0 fully saturated rings. The number of nitrogens with zero attached hydrogens (tertiary/aromatic N) is 2. The molecule has 0 bridgehead atoms. The molecular formula is C15H11ClN2O4. The zero-order chi connectivity index (χ0) is 15.7. The molecular weight excluding hydrogens is 308 g/mol. The van der Waals surface area contributed by atoms with Gasteiger partial charge in [-0.3, -0.25) is 4.79 Å². The van der Waals surface area contributed by atoms with Crippen molar-refractivity contribution >= 4 is 23.2 Å². The van der Waals surface area contributed by atoms with E-state index < -0.39 is 5.97 Å². The van der Waals surface area contributed by atoms with Gasteiger partial charge in [-0.05, 0) is 19.1 Å². The molecule has 2 aromatic heterocycles. The van der Waals surface area contributed by atoms with Gasteiger partial charge < -0.3 is 9.26 Å². The second-order valence-electron chi connectivity index (χ2n) is 4.64. The van der Waals surface area contributed by atoms with Crippen molar-refractivity contribution in [1.29, 1.82) is 0 Å². The van der Waals surface area contributed by atoms with Crippen molar-refractivity contribution in [2.45, 2.75) is 13.5 Å². The highest BCUT2D eigenvalue weighted by Gasteiger charge is 2.13. The number of halogens is 1. The van der Waals surface area contributed by atoms with E-state index in [0.717, 1.165) is 4.57 Å². The Kier molecular flexibility index (Phi) is 3.68. The van der Waals surface area contributed by atoms with E-state index in [9.17, 15) is 9.59 Å². The van der Waals surface area contributed by atoms with Crippen LogP contribution in [0.3, 0.4) is 0 Å². The summed E-state index contributed by atoms with van der Waals surface area (Å²) in [5, 5.41) is 0.307. The Morgan fingerprint density at radius 3 is 2.91 bits per heavy atom. The second kappa shape index (κ2) is 5.65. The molecule has 0 saturated heterocycles. The lowest BCUT2D eigenvalue weighted by Gasteiger charge is -2.05. The molecule has 0 aliphatic rings. The number of fused-ring (bicyclic) bond motifs is 1. The SMILES string of the molecule is Cc1cc2nc(COC(=O)c3ccccc3Cl)cc(=O)n2o1. The third-order valence-corrected chi connectivity index (χ3v) is 3.30. The molecule has 0 unspecified atom stereocenters. The Hall–Kier alpha value is -2.60. The molecule has 22 heavy (non-hydrogen) atoms. The molecule has 0 atom stereocenters. The molecule has 0 amide bonds. The molecule has 0 aliphatic heterocycles. The third-order valence-electron chi connectivity index (χ3n) is 2.97. The number of aromatic nitrogens is 2. The second-order valence-corrected chi connectivity index (χ2v) is 5.05. The molecule has 0 N–H and O–H groups in total. The first-order valence-electron chi connectivity index (χ1n) is 6.46. The summed E-state index contributed by atoms with van der Waals surface area (Å²) in [5.41, 5.74) is 0.600. The van der Waals surface area contributed by atoms with Crippen molar-refractivity contribution < 1.29 is 14.1 Å². The van der Waals surface area contributed by atoms with Crippen LogP contribution in [0.15, 0.2) is 45.7 Å². The van der Waals surface area contributed by atoms with E-state index in [4.69, 9.17) is 20.9 Å². The first-order valence-corrected chi connectivity index (χ1v) is 6.83. The molecule has 1 aromatic carbocycles. The number of rotatable bonds is 3. The normalized spacial score (nSPS) is 10.8. The molecule has 0 saturated carbocycles. The molecule has 7 heteroatoms. The van der Waals surface area contributed by atoms with E-state index in [1.165, 1.54) is 6.07 Å². The Balaban J connectivity index is 1.81. The molecule has 0 radical (unpaired) electrons. The lowest BCUT2D eigenvalue weighted by molar-refractivity contribution is 0.0468. The summed E-state index contributed by atoms with van der Waals surface area (Å²) in [7, 11) is 0. The van der Waals surface area contributed by atoms with Gasteiger partial charge in [0, 0.05) is 12.1 Å². The Morgan fingerprint density at radius 2 is 2.14 bits per heavy atom. The van der Waals surface area contributed by atoms with Gasteiger partial charge in [0.1, 0.15) is 12.4 Å². The summed E-state index contributed by atoms with van der Waals surface area (Å²) in [5.74, 6) is -0.00853. The number of hydrogen-bond acceptors (Lipinski definition) is 5. The van der Waals surface area contributed by atoms with Crippen molar-refractivity contribution in [3.8, 4) is 0 Å². The van der Waals surface area contributed by atoms with Crippen LogP contribution in [0, 0.1) is 6.92 Å². The van der Waals surface area contributed by atoms with Crippen molar-refractivity contribution in [2.24, 2.45) is 0 Å². The van der Waals surface area contributed by atoms with Gasteiger partial charge in [-0.2, -0.15) is 0 Å². The van der Waals surface area contributed by atoms with Gasteiger partial charge in [0.2, 0.25) is 0 Å². The summed E-state index contributed by atoms with van der Waals surface area (Å²) in [4.78, 5) is 28.0. The molecule has 6 nitrogen and oxygen atoms in total. The van der Waals surface area contributed by atoms with Crippen LogP contribution < -0.4 is 5.56 Å². The highest BCUT2D eigenvalue weighted by atomic mass is 35.5. The first kappa shape index (κ1) is 14.3. The van der Waals surface area contributed by atoms with Gasteiger partial charge >= 0.3 is 5.97 Å². The minimum Gasteiger partial charge on any atom is -0.456 e. The third kappa shape index (κ3) is 2.73. The molecule has 3 aromatic rings. The number of esters is 1. The van der Waals surface area contributed by atoms with Crippen LogP contribution in [-0.2, 0) is 11.3 Å². The highest BCUT2D eigenvalue weighted by Crippen LogP contribution is 2.16. The molecule has 2 heterocycles. The number of carbonyl (C=O) groups is 1. The van der Waals surface area contributed by atoms with E-state index in [1.807, 2.05) is 0 Å². The van der Waals surface area contributed by atoms with E-state index in [2.05, 4.69) is 4.98 Å². The van der Waals surface area contributed by atoms with Gasteiger partial charge in [0.15, 0.2) is 5.65 Å². The van der Waals surface area contributed by atoms with Gasteiger partial charge in [-0.15, -0.1) is 4.57 Å². The van der Waals surface area contributed by atoms with Crippen LogP contribution >= 0.6 is 11.6 Å². The quantitative estimate of drug-likeness (QED) is 0.694. The Bertz CT molecular complexity index is 913. The van der Waals surface area contributed by atoms with Gasteiger partial charge in [0.25, 0.3) is 5.56 Å². The van der Waals surface area contributed by atoms with Crippen LogP contribution in [0.4, 0.5) is 0 Å². The van der Waals surface area contributed by atoms with Gasteiger partial charge in [-0.25, -0.2) is 9.78 Å². The maximum atomic E-state index is 12.0. The van der Waals surface area contributed by atoms with Crippen LogP contribution in [0.1, 0.15) is 21.8 Å². The Morgan fingerprint density at radius 1 is 1.36 bits per heavy atom. The lowest BCUT2D eigenvalue weighted by atomic mass is 10.2. The standard InChI is InChI=1S/C15H11ClN2O4/c1-9-6-13-17-10(7-14(19)18(13)22-9)8-21-15(20)11-4-2-3-5-12(11)16/h2-7H,8H2,1H3. The predicted molar refractivity (Wildman–Crippen MR) is 79.0 cm³/mol. The summed E-state index contributed by atoms with van der Waals surface area (Å²) < 4.78 is 11.4. The number of hydrogen-bond donors (Lipinski definition) is 0. The number of carbonyl (C=O) groups excluding carboxylic acids is 1. The smallest absolute Gasteiger partial charge is 0.340 e. The summed E-state index contributed by atoms with van der Waals surface area (Å²) in [6, 6.07) is 9.46. The van der Waals surface area contributed by atoms with Gasteiger partial charge in [-0.1, -0.05) is 23.7 Å². The predicted octanol–water partition coefficient (Wildman–Crippen LogP) is 2.61. The maximum absolute atomic E-state index is 12.0. The Labute approximate surface area is 129 Å². The zero-order valence-electron chi connectivity index (χ0n) is 11.6. The molecule has 3 rings (SSSR count). The average Bonchev–Trinajstić information content (AvgIpc) is 2.86. The van der Waals surface area contributed by atoms with Crippen LogP contribution in [-0.4, -0.2) is 15.5 Å². The minimum atomic E-state index is -0.573. The monoisotopic (exact) mass is 318 g/mol. The summed E-state index contributed by atoms with van der Waals surface area (Å²) >= 11 is 5.92. The van der Waals surface area contributed by atoms with E-state index in [1.54, 1.807) is 37.3 Å². The molecule has 0 aliphatic carbocycles. The minimum absolute atomic E-state index is 0.125. The van der Waals surface area contributed by atoms with Crippen LogP contribution in [0.2, 0.25) is 5.02 Å².